The van der Waals surface area contributed by atoms with E-state index in [1.165, 1.54) is 16.8 Å². The van der Waals surface area contributed by atoms with Gasteiger partial charge in [-0.05, 0) is 61.7 Å². The maximum atomic E-state index is 12.5. The second-order valence-corrected chi connectivity index (χ2v) is 7.77. The SMILES string of the molecule is Cc1cc(NC(=O)C(=O)N2CCN(c3cccc(C)c3C)CC2)ccc1Br. The summed E-state index contributed by atoms with van der Waals surface area (Å²) in [5.74, 6) is -1.06. The van der Waals surface area contributed by atoms with Gasteiger partial charge in [0.05, 0.1) is 0 Å². The minimum Gasteiger partial charge on any atom is -0.368 e. The summed E-state index contributed by atoms with van der Waals surface area (Å²) in [5.41, 5.74) is 5.36. The lowest BCUT2D eigenvalue weighted by Crippen LogP contribution is -2.51. The van der Waals surface area contributed by atoms with Crippen LogP contribution in [0.4, 0.5) is 11.4 Å². The molecule has 1 aliphatic heterocycles. The summed E-state index contributed by atoms with van der Waals surface area (Å²) >= 11 is 3.43. The fourth-order valence-corrected chi connectivity index (χ4v) is 3.53. The van der Waals surface area contributed by atoms with E-state index in [0.717, 1.165) is 23.1 Å². The molecule has 2 amide bonds. The fraction of sp³-hybridized carbons (Fsp3) is 0.333. The van der Waals surface area contributed by atoms with E-state index in [1.54, 1.807) is 11.0 Å². The second-order valence-electron chi connectivity index (χ2n) is 6.92. The zero-order valence-electron chi connectivity index (χ0n) is 15.9. The minimum atomic E-state index is -0.586. The predicted molar refractivity (Wildman–Crippen MR) is 112 cm³/mol. The summed E-state index contributed by atoms with van der Waals surface area (Å²) in [6.45, 7) is 8.69. The van der Waals surface area contributed by atoms with E-state index in [4.69, 9.17) is 0 Å². The van der Waals surface area contributed by atoms with E-state index in [9.17, 15) is 9.59 Å². The van der Waals surface area contributed by atoms with Crippen molar-refractivity contribution in [3.05, 3.63) is 57.6 Å². The molecule has 1 fully saturated rings. The monoisotopic (exact) mass is 429 g/mol. The van der Waals surface area contributed by atoms with Crippen molar-refractivity contribution in [1.82, 2.24) is 4.90 Å². The molecular weight excluding hydrogens is 406 g/mol. The average molecular weight is 430 g/mol. The molecule has 27 heavy (non-hydrogen) atoms. The number of benzene rings is 2. The van der Waals surface area contributed by atoms with Crippen molar-refractivity contribution in [2.45, 2.75) is 20.8 Å². The normalized spacial score (nSPS) is 14.2. The van der Waals surface area contributed by atoms with Gasteiger partial charge in [-0.15, -0.1) is 0 Å². The van der Waals surface area contributed by atoms with Crippen molar-refractivity contribution in [3.8, 4) is 0 Å². The van der Waals surface area contributed by atoms with Crippen molar-refractivity contribution in [2.24, 2.45) is 0 Å². The molecule has 0 spiro atoms. The van der Waals surface area contributed by atoms with Crippen molar-refractivity contribution in [1.29, 1.82) is 0 Å². The Kier molecular flexibility index (Phi) is 5.85. The number of hydrogen-bond donors (Lipinski definition) is 1. The van der Waals surface area contributed by atoms with Crippen LogP contribution in [0.5, 0.6) is 0 Å². The van der Waals surface area contributed by atoms with E-state index in [1.807, 2.05) is 19.1 Å². The summed E-state index contributed by atoms with van der Waals surface area (Å²) < 4.78 is 0.967. The highest BCUT2D eigenvalue weighted by Crippen LogP contribution is 2.24. The molecule has 0 aliphatic carbocycles. The largest absolute Gasteiger partial charge is 0.368 e. The molecule has 1 aliphatic rings. The molecular formula is C21H24BrN3O2. The third-order valence-electron chi connectivity index (χ3n) is 5.09. The Morgan fingerprint density at radius 2 is 1.67 bits per heavy atom. The first-order valence-electron chi connectivity index (χ1n) is 9.04. The van der Waals surface area contributed by atoms with Gasteiger partial charge in [0.2, 0.25) is 0 Å². The lowest BCUT2D eigenvalue weighted by atomic mass is 10.1. The van der Waals surface area contributed by atoms with Crippen molar-refractivity contribution < 1.29 is 9.59 Å². The van der Waals surface area contributed by atoms with Gasteiger partial charge in [-0.25, -0.2) is 0 Å². The van der Waals surface area contributed by atoms with E-state index < -0.39 is 11.8 Å². The van der Waals surface area contributed by atoms with E-state index in [0.29, 0.717) is 18.8 Å². The van der Waals surface area contributed by atoms with Crippen LogP contribution in [0.2, 0.25) is 0 Å². The van der Waals surface area contributed by atoms with Crippen molar-refractivity contribution in [3.63, 3.8) is 0 Å². The zero-order valence-corrected chi connectivity index (χ0v) is 17.5. The number of hydrogen-bond acceptors (Lipinski definition) is 3. The molecule has 0 unspecified atom stereocenters. The highest BCUT2D eigenvalue weighted by atomic mass is 79.9. The number of piperazine rings is 1. The Morgan fingerprint density at radius 1 is 0.963 bits per heavy atom. The highest BCUT2D eigenvalue weighted by molar-refractivity contribution is 9.10. The van der Waals surface area contributed by atoms with Gasteiger partial charge < -0.3 is 15.1 Å². The molecule has 1 saturated heterocycles. The van der Waals surface area contributed by atoms with Gasteiger partial charge in [0.1, 0.15) is 0 Å². The number of carbonyl (C=O) groups excluding carboxylic acids is 2. The van der Waals surface area contributed by atoms with Crippen LogP contribution in [0, 0.1) is 20.8 Å². The maximum Gasteiger partial charge on any atom is 0.313 e. The van der Waals surface area contributed by atoms with Gasteiger partial charge in [0, 0.05) is 42.0 Å². The number of aryl methyl sites for hydroxylation is 2. The molecule has 1 heterocycles. The van der Waals surface area contributed by atoms with Crippen LogP contribution in [0.25, 0.3) is 0 Å². The standard InChI is InChI=1S/C21H24BrN3O2/c1-14-5-4-6-19(16(14)3)24-9-11-25(12-10-24)21(27)20(26)23-17-7-8-18(22)15(2)13-17/h4-8,13H,9-12H2,1-3H3,(H,23,26). The first kappa shape index (κ1) is 19.4. The Balaban J connectivity index is 1.60. The number of anilines is 2. The van der Waals surface area contributed by atoms with Gasteiger partial charge in [-0.3, -0.25) is 9.59 Å². The summed E-state index contributed by atoms with van der Waals surface area (Å²) in [4.78, 5) is 28.7. The zero-order chi connectivity index (χ0) is 19.6. The number of nitrogens with one attached hydrogen (secondary N) is 1. The number of carbonyl (C=O) groups is 2. The topological polar surface area (TPSA) is 52.7 Å². The van der Waals surface area contributed by atoms with Crippen LogP contribution < -0.4 is 10.2 Å². The molecule has 0 saturated carbocycles. The van der Waals surface area contributed by atoms with Crippen LogP contribution in [0.1, 0.15) is 16.7 Å². The van der Waals surface area contributed by atoms with Gasteiger partial charge in [-0.2, -0.15) is 0 Å². The number of rotatable bonds is 2. The molecule has 0 atom stereocenters. The van der Waals surface area contributed by atoms with Gasteiger partial charge in [-0.1, -0.05) is 28.1 Å². The number of amides is 2. The first-order chi connectivity index (χ1) is 12.9. The van der Waals surface area contributed by atoms with Gasteiger partial charge >= 0.3 is 11.8 Å². The molecule has 2 aromatic rings. The molecule has 1 N–H and O–H groups in total. The quantitative estimate of drug-likeness (QED) is 0.740. The predicted octanol–water partition coefficient (Wildman–Crippen LogP) is 3.66. The third-order valence-corrected chi connectivity index (χ3v) is 5.98. The van der Waals surface area contributed by atoms with Crippen molar-refractivity contribution >= 4 is 39.1 Å². The minimum absolute atomic E-state index is 0.476. The molecule has 2 aromatic carbocycles. The molecule has 6 heteroatoms. The molecule has 0 radical (unpaired) electrons. The Morgan fingerprint density at radius 3 is 2.33 bits per heavy atom. The van der Waals surface area contributed by atoms with E-state index in [2.05, 4.69) is 58.2 Å². The summed E-state index contributed by atoms with van der Waals surface area (Å²) in [7, 11) is 0. The van der Waals surface area contributed by atoms with E-state index in [-0.39, 0.29) is 0 Å². The summed E-state index contributed by atoms with van der Waals surface area (Å²) in [6.07, 6.45) is 0. The lowest BCUT2D eigenvalue weighted by Gasteiger charge is -2.36. The smallest absolute Gasteiger partial charge is 0.313 e. The highest BCUT2D eigenvalue weighted by Gasteiger charge is 2.26. The van der Waals surface area contributed by atoms with Crippen molar-refractivity contribution in [2.75, 3.05) is 36.4 Å². The number of nitrogens with zero attached hydrogens (tertiary/aromatic N) is 2. The second kappa shape index (κ2) is 8.13. The Bertz CT molecular complexity index is 874. The number of halogens is 1. The van der Waals surface area contributed by atoms with Gasteiger partial charge in [0.25, 0.3) is 0 Å². The maximum absolute atomic E-state index is 12.5. The fourth-order valence-electron chi connectivity index (χ4n) is 3.28. The van der Waals surface area contributed by atoms with E-state index >= 15 is 0 Å². The lowest BCUT2D eigenvalue weighted by molar-refractivity contribution is -0.143. The Labute approximate surface area is 168 Å². The van der Waals surface area contributed by atoms with Crippen LogP contribution in [0.15, 0.2) is 40.9 Å². The molecule has 5 nitrogen and oxygen atoms in total. The first-order valence-corrected chi connectivity index (χ1v) is 9.83. The summed E-state index contributed by atoms with van der Waals surface area (Å²) in [6, 6.07) is 11.8. The molecule has 3 rings (SSSR count). The average Bonchev–Trinajstić information content (AvgIpc) is 2.66. The van der Waals surface area contributed by atoms with Crippen LogP contribution in [-0.4, -0.2) is 42.9 Å². The third kappa shape index (κ3) is 4.33. The van der Waals surface area contributed by atoms with Crippen LogP contribution in [0.3, 0.4) is 0 Å². The van der Waals surface area contributed by atoms with Crippen LogP contribution >= 0.6 is 15.9 Å². The van der Waals surface area contributed by atoms with Crippen LogP contribution in [-0.2, 0) is 9.59 Å². The molecule has 142 valence electrons. The molecule has 0 aromatic heterocycles. The molecule has 0 bridgehead atoms. The summed E-state index contributed by atoms with van der Waals surface area (Å²) in [5, 5.41) is 2.70. The van der Waals surface area contributed by atoms with Gasteiger partial charge in [0.15, 0.2) is 0 Å². The Hall–Kier alpha value is -2.34.